The Balaban J connectivity index is 1.59. The zero-order chi connectivity index (χ0) is 21.4. The van der Waals surface area contributed by atoms with Crippen molar-refractivity contribution in [2.45, 2.75) is 13.1 Å². The lowest BCUT2D eigenvalue weighted by Crippen LogP contribution is -2.40. The quantitative estimate of drug-likeness (QED) is 0.382. The molecular formula is C22H15BrN4O4. The SMILES string of the molecule is O=c1c2ccccc2n(Cc2nc(-c3ccc(Br)cc3)no2)c(=O)n1Cc1ccco1. The van der Waals surface area contributed by atoms with E-state index in [-0.39, 0.29) is 24.5 Å². The second-order valence-electron chi connectivity index (χ2n) is 6.88. The molecule has 9 heteroatoms. The highest BCUT2D eigenvalue weighted by Gasteiger charge is 2.17. The lowest BCUT2D eigenvalue weighted by molar-refractivity contribution is 0.369. The van der Waals surface area contributed by atoms with Crippen molar-refractivity contribution >= 4 is 26.8 Å². The number of halogens is 1. The highest BCUT2D eigenvalue weighted by molar-refractivity contribution is 9.10. The van der Waals surface area contributed by atoms with Crippen molar-refractivity contribution in [3.8, 4) is 11.4 Å². The Morgan fingerprint density at radius 3 is 2.48 bits per heavy atom. The fraction of sp³-hybridized carbons (Fsp3) is 0.0909. The highest BCUT2D eigenvalue weighted by Crippen LogP contribution is 2.19. The Labute approximate surface area is 183 Å². The summed E-state index contributed by atoms with van der Waals surface area (Å²) in [4.78, 5) is 30.6. The minimum Gasteiger partial charge on any atom is -0.467 e. The van der Waals surface area contributed by atoms with E-state index < -0.39 is 5.69 Å². The predicted molar refractivity (Wildman–Crippen MR) is 117 cm³/mol. The summed E-state index contributed by atoms with van der Waals surface area (Å²) in [6.07, 6.45) is 1.50. The molecule has 5 rings (SSSR count). The lowest BCUT2D eigenvalue weighted by Gasteiger charge is -2.12. The van der Waals surface area contributed by atoms with E-state index in [1.165, 1.54) is 10.8 Å². The van der Waals surface area contributed by atoms with Crippen LogP contribution in [-0.2, 0) is 13.1 Å². The maximum absolute atomic E-state index is 13.2. The predicted octanol–water partition coefficient (Wildman–Crippen LogP) is 3.67. The average Bonchev–Trinajstić information content (AvgIpc) is 3.47. The van der Waals surface area contributed by atoms with E-state index in [1.54, 1.807) is 36.4 Å². The maximum atomic E-state index is 13.2. The Morgan fingerprint density at radius 2 is 1.71 bits per heavy atom. The Morgan fingerprint density at radius 1 is 0.903 bits per heavy atom. The zero-order valence-corrected chi connectivity index (χ0v) is 17.7. The third kappa shape index (κ3) is 3.64. The molecule has 0 unspecified atom stereocenters. The molecular weight excluding hydrogens is 464 g/mol. The fourth-order valence-electron chi connectivity index (χ4n) is 3.39. The standard InChI is InChI=1S/C22H15BrN4O4/c23-15-9-7-14(8-10-15)20-24-19(31-25-20)13-26-18-6-2-1-5-17(18)21(28)27(22(26)29)12-16-4-3-11-30-16/h1-11H,12-13H2. The molecule has 0 radical (unpaired) electrons. The Hall–Kier alpha value is -3.72. The van der Waals surface area contributed by atoms with Crippen LogP contribution in [-0.4, -0.2) is 19.3 Å². The zero-order valence-electron chi connectivity index (χ0n) is 16.1. The Kier molecular flexibility index (Phi) is 4.87. The maximum Gasteiger partial charge on any atom is 0.332 e. The topological polar surface area (TPSA) is 96.1 Å². The van der Waals surface area contributed by atoms with Crippen LogP contribution in [0.25, 0.3) is 22.3 Å². The van der Waals surface area contributed by atoms with Crippen LogP contribution in [0, 0.1) is 0 Å². The molecule has 0 atom stereocenters. The van der Waals surface area contributed by atoms with Crippen LogP contribution in [0.4, 0.5) is 0 Å². The Bertz CT molecular complexity index is 1480. The van der Waals surface area contributed by atoms with Gasteiger partial charge < -0.3 is 8.94 Å². The third-order valence-electron chi connectivity index (χ3n) is 4.89. The monoisotopic (exact) mass is 478 g/mol. The lowest BCUT2D eigenvalue weighted by atomic mass is 10.2. The van der Waals surface area contributed by atoms with Gasteiger partial charge in [-0.05, 0) is 48.5 Å². The van der Waals surface area contributed by atoms with Crippen molar-refractivity contribution < 1.29 is 8.94 Å². The fourth-order valence-corrected chi connectivity index (χ4v) is 3.66. The van der Waals surface area contributed by atoms with Crippen molar-refractivity contribution in [1.82, 2.24) is 19.3 Å². The summed E-state index contributed by atoms with van der Waals surface area (Å²) in [7, 11) is 0. The molecule has 3 heterocycles. The van der Waals surface area contributed by atoms with Crippen LogP contribution in [0.3, 0.4) is 0 Å². The molecule has 0 amide bonds. The molecule has 31 heavy (non-hydrogen) atoms. The van der Waals surface area contributed by atoms with Crippen LogP contribution >= 0.6 is 15.9 Å². The van der Waals surface area contributed by atoms with Crippen molar-refractivity contribution in [2.24, 2.45) is 0 Å². The molecule has 3 aromatic heterocycles. The first-order valence-electron chi connectivity index (χ1n) is 9.43. The van der Waals surface area contributed by atoms with Crippen LogP contribution in [0.5, 0.6) is 0 Å². The van der Waals surface area contributed by atoms with Crippen LogP contribution < -0.4 is 11.2 Å². The van der Waals surface area contributed by atoms with Crippen molar-refractivity contribution in [1.29, 1.82) is 0 Å². The second-order valence-corrected chi connectivity index (χ2v) is 7.79. The molecule has 0 saturated heterocycles. The largest absolute Gasteiger partial charge is 0.467 e. The van der Waals surface area contributed by atoms with Gasteiger partial charge in [-0.15, -0.1) is 0 Å². The summed E-state index contributed by atoms with van der Waals surface area (Å²) in [5.41, 5.74) is 0.424. The average molecular weight is 479 g/mol. The van der Waals surface area contributed by atoms with E-state index in [0.29, 0.717) is 22.5 Å². The van der Waals surface area contributed by atoms with E-state index >= 15 is 0 Å². The molecule has 0 N–H and O–H groups in total. The summed E-state index contributed by atoms with van der Waals surface area (Å²) in [5.74, 6) is 1.19. The van der Waals surface area contributed by atoms with Gasteiger partial charge in [-0.2, -0.15) is 4.98 Å². The van der Waals surface area contributed by atoms with Gasteiger partial charge in [0.1, 0.15) is 12.3 Å². The van der Waals surface area contributed by atoms with Crippen molar-refractivity contribution in [3.63, 3.8) is 0 Å². The summed E-state index contributed by atoms with van der Waals surface area (Å²) in [5, 5.41) is 4.44. The number of nitrogens with zero attached hydrogens (tertiary/aromatic N) is 4. The molecule has 0 aliphatic carbocycles. The van der Waals surface area contributed by atoms with E-state index in [0.717, 1.165) is 14.6 Å². The molecule has 0 aliphatic heterocycles. The van der Waals surface area contributed by atoms with Gasteiger partial charge in [-0.3, -0.25) is 13.9 Å². The first-order chi connectivity index (χ1) is 15.1. The van der Waals surface area contributed by atoms with E-state index in [4.69, 9.17) is 8.94 Å². The van der Waals surface area contributed by atoms with Gasteiger partial charge >= 0.3 is 5.69 Å². The first-order valence-corrected chi connectivity index (χ1v) is 10.2. The van der Waals surface area contributed by atoms with Gasteiger partial charge in [0.05, 0.1) is 23.7 Å². The molecule has 154 valence electrons. The van der Waals surface area contributed by atoms with Gasteiger partial charge in [0.25, 0.3) is 5.56 Å². The summed E-state index contributed by atoms with van der Waals surface area (Å²) >= 11 is 3.40. The van der Waals surface area contributed by atoms with Crippen LogP contribution in [0.2, 0.25) is 0 Å². The van der Waals surface area contributed by atoms with Gasteiger partial charge in [0.2, 0.25) is 11.7 Å². The van der Waals surface area contributed by atoms with E-state index in [1.807, 2.05) is 24.3 Å². The van der Waals surface area contributed by atoms with E-state index in [2.05, 4.69) is 26.1 Å². The molecule has 5 aromatic rings. The molecule has 0 saturated carbocycles. The van der Waals surface area contributed by atoms with Crippen molar-refractivity contribution in [2.75, 3.05) is 0 Å². The van der Waals surface area contributed by atoms with Crippen LogP contribution in [0.15, 0.2) is 89.9 Å². The van der Waals surface area contributed by atoms with Gasteiger partial charge in [-0.1, -0.05) is 33.2 Å². The minimum absolute atomic E-state index is 0.0291. The number of aromatic nitrogens is 4. The van der Waals surface area contributed by atoms with Gasteiger partial charge in [0, 0.05) is 10.0 Å². The molecule has 0 fully saturated rings. The molecule has 0 spiro atoms. The van der Waals surface area contributed by atoms with Crippen molar-refractivity contribution in [3.05, 3.63) is 104 Å². The van der Waals surface area contributed by atoms with Gasteiger partial charge in [0.15, 0.2) is 0 Å². The number of furan rings is 1. The first kappa shape index (κ1) is 19.3. The minimum atomic E-state index is -0.483. The summed E-state index contributed by atoms with van der Waals surface area (Å²) in [6, 6.07) is 17.9. The van der Waals surface area contributed by atoms with Crippen LogP contribution in [0.1, 0.15) is 11.7 Å². The normalized spacial score (nSPS) is 11.3. The highest BCUT2D eigenvalue weighted by atomic mass is 79.9. The number of fused-ring (bicyclic) bond motifs is 1. The second kappa shape index (κ2) is 7.84. The number of benzene rings is 2. The van der Waals surface area contributed by atoms with Gasteiger partial charge in [-0.25, -0.2) is 4.79 Å². The van der Waals surface area contributed by atoms with E-state index in [9.17, 15) is 9.59 Å². The molecule has 0 aliphatic rings. The number of hydrogen-bond donors (Lipinski definition) is 0. The smallest absolute Gasteiger partial charge is 0.332 e. The molecule has 0 bridgehead atoms. The number of hydrogen-bond acceptors (Lipinski definition) is 6. The number of rotatable bonds is 5. The third-order valence-corrected chi connectivity index (χ3v) is 5.42. The molecule has 2 aromatic carbocycles. The molecule has 8 nitrogen and oxygen atoms in total. The summed E-state index contributed by atoms with van der Waals surface area (Å²) in [6.45, 7) is 0.0603. The number of para-hydroxylation sites is 1. The summed E-state index contributed by atoms with van der Waals surface area (Å²) < 4.78 is 14.3.